The number of carbonyl (C=O) groups excluding carboxylic acids is 1. The minimum atomic E-state index is -4.57. The summed E-state index contributed by atoms with van der Waals surface area (Å²) in [4.78, 5) is 24.1. The van der Waals surface area contributed by atoms with E-state index in [-0.39, 0.29) is 22.5 Å². The van der Waals surface area contributed by atoms with Crippen molar-refractivity contribution in [1.82, 2.24) is 15.0 Å². The van der Waals surface area contributed by atoms with Gasteiger partial charge in [0.1, 0.15) is 17.2 Å². The fourth-order valence-corrected chi connectivity index (χ4v) is 3.33. The van der Waals surface area contributed by atoms with Gasteiger partial charge in [-0.05, 0) is 48.9 Å². The molecule has 164 valence electrons. The number of para-hydroxylation sites is 1. The standard InChI is InChI=1S/C23H20F3N5O/c1-2-11-27-14-9-10-15(17(13-14)23(24,25)26)21-29-18-7-5-6-16(20(18)31-21)22(32)30-19-8-3-4-12-28-19/h3-10,12-13,27H,2,11H2,1H3,(H,29,31)(H,28,30,32). The molecule has 4 rings (SSSR count). The third-order valence-corrected chi connectivity index (χ3v) is 4.82. The van der Waals surface area contributed by atoms with Gasteiger partial charge in [-0.15, -0.1) is 0 Å². The molecule has 6 nitrogen and oxygen atoms in total. The Labute approximate surface area is 181 Å². The minimum Gasteiger partial charge on any atom is -0.385 e. The molecule has 9 heteroatoms. The van der Waals surface area contributed by atoms with Gasteiger partial charge in [0.25, 0.3) is 5.91 Å². The van der Waals surface area contributed by atoms with Gasteiger partial charge >= 0.3 is 6.18 Å². The number of hydrogen-bond acceptors (Lipinski definition) is 4. The van der Waals surface area contributed by atoms with E-state index in [1.54, 1.807) is 48.7 Å². The molecule has 0 aliphatic rings. The van der Waals surface area contributed by atoms with E-state index in [9.17, 15) is 18.0 Å². The van der Waals surface area contributed by atoms with Crippen LogP contribution in [0, 0.1) is 0 Å². The van der Waals surface area contributed by atoms with Crippen molar-refractivity contribution in [2.45, 2.75) is 19.5 Å². The zero-order chi connectivity index (χ0) is 22.7. The highest BCUT2D eigenvalue weighted by Gasteiger charge is 2.35. The van der Waals surface area contributed by atoms with E-state index in [1.165, 1.54) is 6.07 Å². The number of halogens is 3. The van der Waals surface area contributed by atoms with Gasteiger partial charge in [-0.1, -0.05) is 19.1 Å². The Kier molecular flexibility index (Phi) is 5.81. The molecule has 0 saturated carbocycles. The highest BCUT2D eigenvalue weighted by molar-refractivity contribution is 6.11. The average Bonchev–Trinajstić information content (AvgIpc) is 3.22. The zero-order valence-corrected chi connectivity index (χ0v) is 17.1. The Morgan fingerprint density at radius 2 is 1.94 bits per heavy atom. The van der Waals surface area contributed by atoms with Crippen LogP contribution in [0.2, 0.25) is 0 Å². The van der Waals surface area contributed by atoms with Crippen molar-refractivity contribution in [2.24, 2.45) is 0 Å². The zero-order valence-electron chi connectivity index (χ0n) is 17.1. The van der Waals surface area contributed by atoms with Crippen LogP contribution < -0.4 is 10.6 Å². The number of rotatable bonds is 6. The quantitative estimate of drug-likeness (QED) is 0.359. The number of hydrogen-bond donors (Lipinski definition) is 3. The first-order valence-electron chi connectivity index (χ1n) is 10.0. The summed E-state index contributed by atoms with van der Waals surface area (Å²) in [6, 6.07) is 14.0. The largest absolute Gasteiger partial charge is 0.417 e. The summed E-state index contributed by atoms with van der Waals surface area (Å²) in [5.41, 5.74) is 0.441. The summed E-state index contributed by atoms with van der Waals surface area (Å²) >= 11 is 0. The number of alkyl halides is 3. The second kappa shape index (κ2) is 8.70. The van der Waals surface area contributed by atoms with Crippen LogP contribution >= 0.6 is 0 Å². The van der Waals surface area contributed by atoms with Crippen LogP contribution in [0.5, 0.6) is 0 Å². The van der Waals surface area contributed by atoms with E-state index in [1.807, 2.05) is 6.92 Å². The maximum Gasteiger partial charge on any atom is 0.417 e. The van der Waals surface area contributed by atoms with Crippen molar-refractivity contribution in [2.75, 3.05) is 17.2 Å². The van der Waals surface area contributed by atoms with Crippen LogP contribution in [0.15, 0.2) is 60.8 Å². The van der Waals surface area contributed by atoms with E-state index in [4.69, 9.17) is 0 Å². The molecule has 0 fully saturated rings. The topological polar surface area (TPSA) is 82.7 Å². The molecule has 2 heterocycles. The smallest absolute Gasteiger partial charge is 0.385 e. The van der Waals surface area contributed by atoms with Gasteiger partial charge < -0.3 is 15.6 Å². The van der Waals surface area contributed by atoms with Crippen LogP contribution in [0.1, 0.15) is 29.3 Å². The molecule has 1 amide bonds. The fourth-order valence-electron chi connectivity index (χ4n) is 3.33. The van der Waals surface area contributed by atoms with Gasteiger partial charge in [-0.25, -0.2) is 9.97 Å². The number of fused-ring (bicyclic) bond motifs is 1. The van der Waals surface area contributed by atoms with Crippen LogP contribution in [0.25, 0.3) is 22.4 Å². The highest BCUT2D eigenvalue weighted by atomic mass is 19.4. The van der Waals surface area contributed by atoms with Gasteiger partial charge in [0.15, 0.2) is 0 Å². The summed E-state index contributed by atoms with van der Waals surface area (Å²) in [5, 5.41) is 5.64. The summed E-state index contributed by atoms with van der Waals surface area (Å²) in [6.45, 7) is 2.50. The minimum absolute atomic E-state index is 0.0347. The number of H-pyrrole nitrogens is 1. The van der Waals surface area contributed by atoms with E-state index < -0.39 is 17.6 Å². The van der Waals surface area contributed by atoms with Crippen molar-refractivity contribution in [3.63, 3.8) is 0 Å². The van der Waals surface area contributed by atoms with E-state index in [0.717, 1.165) is 12.5 Å². The second-order valence-electron chi connectivity index (χ2n) is 7.14. The third kappa shape index (κ3) is 4.41. The molecular formula is C23H20F3N5O. The van der Waals surface area contributed by atoms with Gasteiger partial charge in [-0.2, -0.15) is 13.2 Å². The molecule has 0 radical (unpaired) electrons. The Balaban J connectivity index is 1.75. The third-order valence-electron chi connectivity index (χ3n) is 4.82. The van der Waals surface area contributed by atoms with E-state index in [0.29, 0.717) is 23.6 Å². The van der Waals surface area contributed by atoms with E-state index in [2.05, 4.69) is 25.6 Å². The predicted octanol–water partition coefficient (Wildman–Crippen LogP) is 5.72. The lowest BCUT2D eigenvalue weighted by molar-refractivity contribution is -0.137. The van der Waals surface area contributed by atoms with Gasteiger partial charge in [0.05, 0.1) is 16.6 Å². The van der Waals surface area contributed by atoms with Crippen molar-refractivity contribution in [3.05, 3.63) is 71.9 Å². The molecule has 32 heavy (non-hydrogen) atoms. The summed E-state index contributed by atoms with van der Waals surface area (Å²) in [6.07, 6.45) is -2.24. The molecule has 4 aromatic rings. The highest BCUT2D eigenvalue weighted by Crippen LogP contribution is 2.38. The Morgan fingerprint density at radius 1 is 1.09 bits per heavy atom. The van der Waals surface area contributed by atoms with Gasteiger partial charge in [-0.3, -0.25) is 4.79 Å². The lowest BCUT2D eigenvalue weighted by Gasteiger charge is -2.14. The van der Waals surface area contributed by atoms with Crippen molar-refractivity contribution in [1.29, 1.82) is 0 Å². The number of aromatic amines is 1. The van der Waals surface area contributed by atoms with Gasteiger partial charge in [0.2, 0.25) is 0 Å². The number of imidazole rings is 1. The number of amides is 1. The molecule has 0 bridgehead atoms. The fraction of sp³-hybridized carbons (Fsp3) is 0.174. The number of carbonyl (C=O) groups is 1. The first-order valence-corrected chi connectivity index (χ1v) is 10.0. The molecule has 0 aliphatic heterocycles. The maximum atomic E-state index is 13.8. The maximum absolute atomic E-state index is 13.8. The molecule has 0 aliphatic carbocycles. The molecular weight excluding hydrogens is 419 g/mol. The van der Waals surface area contributed by atoms with Crippen molar-refractivity contribution < 1.29 is 18.0 Å². The number of nitrogens with zero attached hydrogens (tertiary/aromatic N) is 2. The van der Waals surface area contributed by atoms with Crippen molar-refractivity contribution >= 4 is 28.4 Å². The molecule has 2 aromatic carbocycles. The number of anilines is 2. The normalized spacial score (nSPS) is 11.5. The van der Waals surface area contributed by atoms with Crippen LogP contribution in [-0.4, -0.2) is 27.4 Å². The molecule has 0 atom stereocenters. The van der Waals surface area contributed by atoms with Crippen LogP contribution in [0.4, 0.5) is 24.7 Å². The van der Waals surface area contributed by atoms with Crippen molar-refractivity contribution in [3.8, 4) is 11.4 Å². The lowest BCUT2D eigenvalue weighted by Crippen LogP contribution is -2.13. The summed E-state index contributed by atoms with van der Waals surface area (Å²) in [5.74, 6) is -0.0604. The van der Waals surface area contributed by atoms with Gasteiger partial charge in [0, 0.05) is 24.0 Å². The predicted molar refractivity (Wildman–Crippen MR) is 118 cm³/mol. The average molecular weight is 439 g/mol. The Hall–Kier alpha value is -3.88. The monoisotopic (exact) mass is 439 g/mol. The SMILES string of the molecule is CCCNc1ccc(-c2nc3c(C(=O)Nc4ccccn4)cccc3[nH]2)c(C(F)(F)F)c1. The molecule has 0 unspecified atom stereocenters. The first-order chi connectivity index (χ1) is 15.4. The number of aromatic nitrogens is 3. The Bertz CT molecular complexity index is 1250. The van der Waals surface area contributed by atoms with Crippen LogP contribution in [0.3, 0.4) is 0 Å². The molecule has 3 N–H and O–H groups in total. The number of benzene rings is 2. The molecule has 0 spiro atoms. The number of pyridine rings is 1. The van der Waals surface area contributed by atoms with E-state index >= 15 is 0 Å². The lowest BCUT2D eigenvalue weighted by atomic mass is 10.1. The molecule has 0 saturated heterocycles. The summed E-state index contributed by atoms with van der Waals surface area (Å²) < 4.78 is 41.4. The summed E-state index contributed by atoms with van der Waals surface area (Å²) in [7, 11) is 0. The second-order valence-corrected chi connectivity index (χ2v) is 7.14. The van der Waals surface area contributed by atoms with Crippen LogP contribution in [-0.2, 0) is 6.18 Å². The Morgan fingerprint density at radius 3 is 2.66 bits per heavy atom. The molecule has 2 aromatic heterocycles. The number of nitrogens with one attached hydrogen (secondary N) is 3. The first kappa shape index (κ1) is 21.4.